The smallest absolute Gasteiger partial charge is 0.306 e. The lowest BCUT2D eigenvalue weighted by molar-refractivity contribution is -0.140. The Morgan fingerprint density at radius 2 is 2.41 bits per heavy atom. The van der Waals surface area contributed by atoms with E-state index in [0.717, 1.165) is 23.3 Å². The molecule has 1 atom stereocenters. The van der Waals surface area contributed by atoms with E-state index in [-0.39, 0.29) is 12.5 Å². The van der Waals surface area contributed by atoms with Crippen LogP contribution in [0.25, 0.3) is 0 Å². The molecule has 0 saturated carbocycles. The molecule has 92 valence electrons. The first-order valence-corrected chi connectivity index (χ1v) is 5.79. The SMILES string of the molecule is CCOc1ccc2c(c1)C(CC(=O)O)OCC2. The van der Waals surface area contributed by atoms with Gasteiger partial charge in [0.15, 0.2) is 0 Å². The monoisotopic (exact) mass is 236 g/mol. The summed E-state index contributed by atoms with van der Waals surface area (Å²) in [5.41, 5.74) is 2.11. The van der Waals surface area contributed by atoms with Gasteiger partial charge in [-0.1, -0.05) is 6.07 Å². The fourth-order valence-corrected chi connectivity index (χ4v) is 2.09. The summed E-state index contributed by atoms with van der Waals surface area (Å²) in [5, 5.41) is 8.85. The molecule has 1 aromatic carbocycles. The molecule has 1 N–H and O–H groups in total. The molecule has 0 aliphatic carbocycles. The molecule has 4 heteroatoms. The molecule has 0 spiro atoms. The van der Waals surface area contributed by atoms with Gasteiger partial charge < -0.3 is 14.6 Å². The Labute approximate surface area is 100 Å². The third-order valence-corrected chi connectivity index (χ3v) is 2.83. The van der Waals surface area contributed by atoms with E-state index in [1.165, 1.54) is 0 Å². The fraction of sp³-hybridized carbons (Fsp3) is 0.462. The van der Waals surface area contributed by atoms with Gasteiger partial charge >= 0.3 is 5.97 Å². The van der Waals surface area contributed by atoms with Crippen molar-refractivity contribution in [3.05, 3.63) is 29.3 Å². The number of hydrogen-bond acceptors (Lipinski definition) is 3. The number of benzene rings is 1. The number of carboxylic acid groups (broad SMARTS) is 1. The highest BCUT2D eigenvalue weighted by Crippen LogP contribution is 2.32. The standard InChI is InChI=1S/C13H16O4/c1-2-16-10-4-3-9-5-6-17-12(8-13(14)15)11(9)7-10/h3-4,7,12H,2,5-6,8H2,1H3,(H,14,15). The summed E-state index contributed by atoms with van der Waals surface area (Å²) in [4.78, 5) is 10.8. The maximum Gasteiger partial charge on any atom is 0.306 e. The number of aliphatic carboxylic acids is 1. The van der Waals surface area contributed by atoms with Crippen LogP contribution in [0.15, 0.2) is 18.2 Å². The minimum atomic E-state index is -0.843. The average molecular weight is 236 g/mol. The van der Waals surface area contributed by atoms with Gasteiger partial charge in [-0.25, -0.2) is 0 Å². The van der Waals surface area contributed by atoms with Crippen LogP contribution in [-0.4, -0.2) is 24.3 Å². The van der Waals surface area contributed by atoms with Crippen LogP contribution >= 0.6 is 0 Å². The number of fused-ring (bicyclic) bond motifs is 1. The minimum Gasteiger partial charge on any atom is -0.494 e. The topological polar surface area (TPSA) is 55.8 Å². The van der Waals surface area contributed by atoms with Crippen LogP contribution in [0, 0.1) is 0 Å². The van der Waals surface area contributed by atoms with Crippen molar-refractivity contribution in [2.75, 3.05) is 13.2 Å². The molecule has 1 aliphatic rings. The summed E-state index contributed by atoms with van der Waals surface area (Å²) in [5.74, 6) is -0.0724. The molecule has 1 aromatic rings. The van der Waals surface area contributed by atoms with Crippen molar-refractivity contribution in [2.24, 2.45) is 0 Å². The lowest BCUT2D eigenvalue weighted by atomic mass is 9.95. The Hall–Kier alpha value is -1.55. The van der Waals surface area contributed by atoms with Crippen LogP contribution in [0.1, 0.15) is 30.6 Å². The zero-order valence-corrected chi connectivity index (χ0v) is 9.81. The maximum atomic E-state index is 10.8. The van der Waals surface area contributed by atoms with E-state index in [1.54, 1.807) is 0 Å². The van der Waals surface area contributed by atoms with Gasteiger partial charge in [-0.05, 0) is 36.6 Å². The van der Waals surface area contributed by atoms with E-state index >= 15 is 0 Å². The fourth-order valence-electron chi connectivity index (χ4n) is 2.09. The molecule has 17 heavy (non-hydrogen) atoms. The van der Waals surface area contributed by atoms with Gasteiger partial charge in [0.25, 0.3) is 0 Å². The Bertz CT molecular complexity index is 414. The van der Waals surface area contributed by atoms with Crippen molar-refractivity contribution in [3.63, 3.8) is 0 Å². The van der Waals surface area contributed by atoms with Gasteiger partial charge in [0.05, 0.1) is 25.7 Å². The number of carbonyl (C=O) groups is 1. The van der Waals surface area contributed by atoms with Crippen LogP contribution in [0.3, 0.4) is 0 Å². The molecule has 0 saturated heterocycles. The zero-order chi connectivity index (χ0) is 12.3. The second kappa shape index (κ2) is 5.19. The third kappa shape index (κ3) is 2.77. The quantitative estimate of drug-likeness (QED) is 0.870. The molecule has 4 nitrogen and oxygen atoms in total. The molecular weight excluding hydrogens is 220 g/mol. The van der Waals surface area contributed by atoms with Gasteiger partial charge in [-0.15, -0.1) is 0 Å². The Kier molecular flexibility index (Phi) is 3.64. The van der Waals surface area contributed by atoms with Crippen molar-refractivity contribution in [1.82, 2.24) is 0 Å². The summed E-state index contributed by atoms with van der Waals surface area (Å²) in [7, 11) is 0. The van der Waals surface area contributed by atoms with Gasteiger partial charge in [0.1, 0.15) is 5.75 Å². The Balaban J connectivity index is 2.27. The van der Waals surface area contributed by atoms with E-state index in [1.807, 2.05) is 25.1 Å². The van der Waals surface area contributed by atoms with Crippen LogP contribution < -0.4 is 4.74 Å². The van der Waals surface area contributed by atoms with Gasteiger partial charge in [0, 0.05) is 0 Å². The summed E-state index contributed by atoms with van der Waals surface area (Å²) >= 11 is 0. The van der Waals surface area contributed by atoms with E-state index in [4.69, 9.17) is 14.6 Å². The molecule has 0 aromatic heterocycles. The summed E-state index contributed by atoms with van der Waals surface area (Å²) in [6, 6.07) is 5.81. The van der Waals surface area contributed by atoms with Crippen molar-refractivity contribution in [3.8, 4) is 5.75 Å². The molecule has 2 rings (SSSR count). The third-order valence-electron chi connectivity index (χ3n) is 2.83. The number of rotatable bonds is 4. The highest BCUT2D eigenvalue weighted by atomic mass is 16.5. The average Bonchev–Trinajstić information content (AvgIpc) is 2.29. The van der Waals surface area contributed by atoms with Crippen molar-refractivity contribution >= 4 is 5.97 Å². The lowest BCUT2D eigenvalue weighted by Crippen LogP contribution is -2.19. The Morgan fingerprint density at radius 1 is 1.59 bits per heavy atom. The highest BCUT2D eigenvalue weighted by Gasteiger charge is 2.23. The molecule has 0 radical (unpaired) electrons. The predicted molar refractivity (Wildman–Crippen MR) is 62.3 cm³/mol. The maximum absolute atomic E-state index is 10.8. The molecule has 1 unspecified atom stereocenters. The van der Waals surface area contributed by atoms with Crippen molar-refractivity contribution < 1.29 is 19.4 Å². The van der Waals surface area contributed by atoms with E-state index in [9.17, 15) is 4.79 Å². The summed E-state index contributed by atoms with van der Waals surface area (Å²) < 4.78 is 10.9. The second-order valence-electron chi connectivity index (χ2n) is 4.00. The first-order valence-electron chi connectivity index (χ1n) is 5.79. The lowest BCUT2D eigenvalue weighted by Gasteiger charge is -2.25. The summed E-state index contributed by atoms with van der Waals surface area (Å²) in [6.45, 7) is 3.10. The normalized spacial score (nSPS) is 18.5. The van der Waals surface area contributed by atoms with Crippen LogP contribution in [-0.2, 0) is 16.0 Å². The largest absolute Gasteiger partial charge is 0.494 e. The van der Waals surface area contributed by atoms with Crippen LogP contribution in [0.2, 0.25) is 0 Å². The minimum absolute atomic E-state index is 0.00256. The van der Waals surface area contributed by atoms with E-state index < -0.39 is 5.97 Å². The second-order valence-corrected chi connectivity index (χ2v) is 4.00. The number of hydrogen-bond donors (Lipinski definition) is 1. The first-order chi connectivity index (χ1) is 8.20. The van der Waals surface area contributed by atoms with Crippen LogP contribution in [0.4, 0.5) is 0 Å². The molecule has 0 amide bonds. The number of ether oxygens (including phenoxy) is 2. The van der Waals surface area contributed by atoms with Gasteiger partial charge in [-0.3, -0.25) is 4.79 Å². The predicted octanol–water partition coefficient (Wildman–Crippen LogP) is 2.17. The summed E-state index contributed by atoms with van der Waals surface area (Å²) in [6.07, 6.45) is 0.483. The molecule has 1 aliphatic heterocycles. The molecular formula is C13H16O4. The van der Waals surface area contributed by atoms with Crippen molar-refractivity contribution in [1.29, 1.82) is 0 Å². The van der Waals surface area contributed by atoms with E-state index in [2.05, 4.69) is 0 Å². The Morgan fingerprint density at radius 3 is 3.12 bits per heavy atom. The van der Waals surface area contributed by atoms with Crippen molar-refractivity contribution in [2.45, 2.75) is 25.9 Å². The highest BCUT2D eigenvalue weighted by molar-refractivity contribution is 5.68. The number of carboxylic acids is 1. The van der Waals surface area contributed by atoms with E-state index in [0.29, 0.717) is 13.2 Å². The van der Waals surface area contributed by atoms with Gasteiger partial charge in [0.2, 0.25) is 0 Å². The zero-order valence-electron chi connectivity index (χ0n) is 9.81. The molecule has 0 bridgehead atoms. The first kappa shape index (κ1) is 11.9. The van der Waals surface area contributed by atoms with Crippen LogP contribution in [0.5, 0.6) is 5.75 Å². The molecule has 0 fully saturated rings. The van der Waals surface area contributed by atoms with Gasteiger partial charge in [-0.2, -0.15) is 0 Å². The molecule has 1 heterocycles.